The molecular formula is C46H38BNO3S. The van der Waals surface area contributed by atoms with Gasteiger partial charge in [-0.05, 0) is 82.6 Å². The average molecular weight is 696 g/mol. The van der Waals surface area contributed by atoms with Gasteiger partial charge in [-0.2, -0.15) is 0 Å². The predicted octanol–water partition coefficient (Wildman–Crippen LogP) is 11.6. The van der Waals surface area contributed by atoms with E-state index in [9.17, 15) is 0 Å². The van der Waals surface area contributed by atoms with Crippen molar-refractivity contribution in [2.24, 2.45) is 0 Å². The molecule has 2 aliphatic rings. The average Bonchev–Trinajstić information content (AvgIpc) is 3.70. The number of para-hydroxylation sites is 1. The molecule has 6 heteroatoms. The van der Waals surface area contributed by atoms with Gasteiger partial charge in [-0.3, -0.25) is 0 Å². The van der Waals surface area contributed by atoms with E-state index < -0.39 is 0 Å². The first-order valence-corrected chi connectivity index (χ1v) is 18.9. The van der Waals surface area contributed by atoms with E-state index in [1.807, 2.05) is 24.3 Å². The fraction of sp³-hybridized carbons (Fsp3) is 0.174. The van der Waals surface area contributed by atoms with E-state index in [-0.39, 0.29) is 17.5 Å². The maximum absolute atomic E-state index is 7.11. The van der Waals surface area contributed by atoms with Crippen LogP contribution in [0, 0.1) is 0 Å². The highest BCUT2D eigenvalue weighted by atomic mass is 32.1. The molecule has 0 saturated heterocycles. The lowest BCUT2D eigenvalue weighted by molar-refractivity contribution is 0.463. The largest absolute Gasteiger partial charge is 0.466 e. The van der Waals surface area contributed by atoms with E-state index in [0.717, 1.165) is 72.3 Å². The van der Waals surface area contributed by atoms with Crippen molar-refractivity contribution in [2.75, 3.05) is 4.90 Å². The lowest BCUT2D eigenvalue weighted by Gasteiger charge is -2.35. The second-order valence-electron chi connectivity index (χ2n) is 16.1. The summed E-state index contributed by atoms with van der Waals surface area (Å²) < 4.78 is 23.0. The number of nitrogens with zero attached hydrogens (tertiary/aromatic N) is 1. The van der Waals surface area contributed by atoms with E-state index in [4.69, 9.17) is 13.9 Å². The lowest BCUT2D eigenvalue weighted by Crippen LogP contribution is -2.57. The number of hydrogen-bond donors (Lipinski definition) is 0. The van der Waals surface area contributed by atoms with Gasteiger partial charge in [-0.1, -0.05) is 102 Å². The Hall–Kier alpha value is -5.46. The Morgan fingerprint density at radius 1 is 0.558 bits per heavy atom. The van der Waals surface area contributed by atoms with Crippen molar-refractivity contribution in [2.45, 2.75) is 52.4 Å². The molecule has 4 nitrogen and oxygen atoms in total. The molecule has 0 fully saturated rings. The van der Waals surface area contributed by atoms with Crippen LogP contribution in [0.25, 0.3) is 31.1 Å². The topological polar surface area (TPSA) is 34.8 Å². The zero-order valence-corrected chi connectivity index (χ0v) is 31.0. The Morgan fingerprint density at radius 2 is 1.13 bits per heavy atom. The normalized spacial score (nSPS) is 13.5. The molecule has 10 rings (SSSR count). The summed E-state index contributed by atoms with van der Waals surface area (Å²) in [5.41, 5.74) is 9.52. The van der Waals surface area contributed by atoms with Gasteiger partial charge in [0.2, 0.25) is 0 Å². The van der Waals surface area contributed by atoms with Crippen LogP contribution in [0.1, 0.15) is 52.7 Å². The maximum Gasteiger partial charge on any atom is 0.308 e. The zero-order chi connectivity index (χ0) is 35.5. The van der Waals surface area contributed by atoms with Crippen LogP contribution in [0.3, 0.4) is 0 Å². The van der Waals surface area contributed by atoms with Crippen molar-refractivity contribution in [3.8, 4) is 23.0 Å². The second-order valence-corrected chi connectivity index (χ2v) is 17.2. The first-order valence-electron chi connectivity index (χ1n) is 18.0. The molecule has 6 aromatic carbocycles. The maximum atomic E-state index is 7.11. The number of benzene rings is 6. The minimum atomic E-state index is -0.263. The van der Waals surface area contributed by atoms with Gasteiger partial charge < -0.3 is 18.8 Å². The number of rotatable bonds is 3. The quantitative estimate of drug-likeness (QED) is 0.172. The predicted molar refractivity (Wildman–Crippen MR) is 219 cm³/mol. The molecule has 0 N–H and O–H groups in total. The summed E-state index contributed by atoms with van der Waals surface area (Å²) in [6, 6.07) is 43.5. The van der Waals surface area contributed by atoms with Crippen LogP contribution < -0.4 is 31.0 Å². The van der Waals surface area contributed by atoms with Crippen LogP contribution in [-0.2, 0) is 10.8 Å². The standard InChI is InChI=1S/C46H38BNO3S/c1-45(2,3)27-18-22-29(23-19-27)48(30-24-20-28(21-25-30)46(4,5)6)34-26-33-31-12-8-10-17-38(31)52-43(33)42-39(34)47-40-36(15-11-16-37(40)50-42)49-41-32-13-7-9-14-35(32)51-44(41)47/h7-26H,1-6H3. The molecule has 0 unspecified atom stereocenters. The molecular weight excluding hydrogens is 657 g/mol. The van der Waals surface area contributed by atoms with Gasteiger partial charge in [-0.25, -0.2) is 0 Å². The molecule has 8 aromatic rings. The van der Waals surface area contributed by atoms with Gasteiger partial charge in [0, 0.05) is 43.5 Å². The summed E-state index contributed by atoms with van der Waals surface area (Å²) in [5, 5.41) is 3.36. The summed E-state index contributed by atoms with van der Waals surface area (Å²) in [4.78, 5) is 2.42. The third-order valence-electron chi connectivity index (χ3n) is 10.7. The molecule has 0 spiro atoms. The number of anilines is 3. The second kappa shape index (κ2) is 11.0. The summed E-state index contributed by atoms with van der Waals surface area (Å²) >= 11 is 1.79. The summed E-state index contributed by atoms with van der Waals surface area (Å²) in [6.45, 7) is 13.3. The molecule has 0 aliphatic carbocycles. The molecule has 52 heavy (non-hydrogen) atoms. The van der Waals surface area contributed by atoms with Crippen LogP contribution in [0.4, 0.5) is 17.1 Å². The van der Waals surface area contributed by atoms with E-state index in [1.165, 1.54) is 26.6 Å². The van der Waals surface area contributed by atoms with Crippen molar-refractivity contribution in [1.29, 1.82) is 0 Å². The molecule has 0 radical (unpaired) electrons. The van der Waals surface area contributed by atoms with Crippen LogP contribution >= 0.6 is 11.3 Å². The molecule has 0 amide bonds. The van der Waals surface area contributed by atoms with Crippen molar-refractivity contribution in [1.82, 2.24) is 0 Å². The highest BCUT2D eigenvalue weighted by molar-refractivity contribution is 7.26. The fourth-order valence-electron chi connectivity index (χ4n) is 7.99. The fourth-order valence-corrected chi connectivity index (χ4v) is 9.17. The SMILES string of the molecule is CC(C)(C)c1ccc(N(c2ccc(C(C)(C)C)cc2)c2cc3c(sc4ccccc43)c3c2B2c4oc5ccccc5c4Oc4cccc(c42)O3)cc1. The van der Waals surface area contributed by atoms with Gasteiger partial charge in [0.1, 0.15) is 28.5 Å². The summed E-state index contributed by atoms with van der Waals surface area (Å²) in [7, 11) is 0. The van der Waals surface area contributed by atoms with Gasteiger partial charge in [-0.15, -0.1) is 11.3 Å². The number of thiophene rings is 1. The Kier molecular flexibility index (Phi) is 6.63. The van der Waals surface area contributed by atoms with E-state index in [0.29, 0.717) is 0 Å². The Bertz CT molecular complexity index is 2650. The van der Waals surface area contributed by atoms with Crippen molar-refractivity contribution in [3.05, 3.63) is 132 Å². The van der Waals surface area contributed by atoms with Gasteiger partial charge >= 0.3 is 6.71 Å². The summed E-state index contributed by atoms with van der Waals surface area (Å²) in [5.74, 6) is 3.24. The first-order chi connectivity index (χ1) is 25.0. The molecule has 2 aromatic heterocycles. The highest BCUT2D eigenvalue weighted by Crippen LogP contribution is 2.49. The van der Waals surface area contributed by atoms with E-state index in [1.54, 1.807) is 11.3 Å². The molecule has 2 aliphatic heterocycles. The van der Waals surface area contributed by atoms with E-state index >= 15 is 0 Å². The monoisotopic (exact) mass is 695 g/mol. The third-order valence-corrected chi connectivity index (χ3v) is 11.9. The number of hydrogen-bond acceptors (Lipinski definition) is 5. The van der Waals surface area contributed by atoms with Crippen LogP contribution in [0.2, 0.25) is 0 Å². The number of furan rings is 1. The van der Waals surface area contributed by atoms with Crippen molar-refractivity contribution >= 4 is 82.8 Å². The lowest BCUT2D eigenvalue weighted by atomic mass is 9.36. The Balaban J connectivity index is 1.32. The Labute approximate surface area is 308 Å². The number of ether oxygens (including phenoxy) is 2. The van der Waals surface area contributed by atoms with E-state index in [2.05, 4.69) is 144 Å². The van der Waals surface area contributed by atoms with Crippen molar-refractivity contribution < 1.29 is 13.9 Å². The first kappa shape index (κ1) is 31.3. The smallest absolute Gasteiger partial charge is 0.308 e. The van der Waals surface area contributed by atoms with Crippen LogP contribution in [-0.4, -0.2) is 6.71 Å². The zero-order valence-electron chi connectivity index (χ0n) is 30.2. The van der Waals surface area contributed by atoms with Crippen LogP contribution in [0.15, 0.2) is 126 Å². The minimum Gasteiger partial charge on any atom is -0.466 e. The Morgan fingerprint density at radius 3 is 1.77 bits per heavy atom. The number of fused-ring (bicyclic) bond motifs is 10. The van der Waals surface area contributed by atoms with Gasteiger partial charge in [0.05, 0.1) is 10.1 Å². The molecule has 0 atom stereocenters. The highest BCUT2D eigenvalue weighted by Gasteiger charge is 2.47. The molecule has 0 saturated carbocycles. The molecule has 0 bridgehead atoms. The van der Waals surface area contributed by atoms with Crippen LogP contribution in [0.5, 0.6) is 23.0 Å². The molecule has 4 heterocycles. The summed E-state index contributed by atoms with van der Waals surface area (Å²) in [6.07, 6.45) is 0. The van der Waals surface area contributed by atoms with Gasteiger partial charge in [0.25, 0.3) is 0 Å². The van der Waals surface area contributed by atoms with Gasteiger partial charge in [0.15, 0.2) is 5.75 Å². The minimum absolute atomic E-state index is 0.0269. The third kappa shape index (κ3) is 4.67. The van der Waals surface area contributed by atoms with Crippen molar-refractivity contribution in [3.63, 3.8) is 0 Å². The molecule has 254 valence electrons.